The van der Waals surface area contributed by atoms with Crippen molar-refractivity contribution in [1.29, 1.82) is 0 Å². The molecule has 8 heteroatoms. The molecule has 0 fully saturated rings. The van der Waals surface area contributed by atoms with Gasteiger partial charge in [-0.3, -0.25) is 5.21 Å². The second-order valence-electron chi connectivity index (χ2n) is 4.00. The number of urea groups is 1. The molecule has 21 heavy (non-hydrogen) atoms. The summed E-state index contributed by atoms with van der Waals surface area (Å²) in [5.41, 5.74) is 0.506. The molecule has 0 aliphatic heterocycles. The maximum atomic E-state index is 11.9. The first-order chi connectivity index (χ1) is 9.86. The average molecular weight is 366 g/mol. The molecule has 2 N–H and O–H groups in total. The molecule has 0 radical (unpaired) electrons. The van der Waals surface area contributed by atoms with E-state index in [2.05, 4.69) is 5.32 Å². The maximum absolute atomic E-state index is 11.9. The molecule has 0 aliphatic carbocycles. The molecular weight excluding hydrogens is 358 g/mol. The minimum atomic E-state index is -0.799. The molecule has 0 aliphatic rings. The van der Waals surface area contributed by atoms with Crippen LogP contribution in [-0.4, -0.2) is 11.2 Å². The number of rotatable bonds is 2. The molecular formula is C13H8Cl4N2O2. The van der Waals surface area contributed by atoms with Crippen molar-refractivity contribution in [2.45, 2.75) is 0 Å². The van der Waals surface area contributed by atoms with Crippen LogP contribution in [0.4, 0.5) is 16.2 Å². The average Bonchev–Trinajstić information content (AvgIpc) is 2.41. The van der Waals surface area contributed by atoms with Crippen LogP contribution in [-0.2, 0) is 0 Å². The lowest BCUT2D eigenvalue weighted by molar-refractivity contribution is 0.216. The second kappa shape index (κ2) is 6.73. The molecule has 2 aromatic rings. The van der Waals surface area contributed by atoms with Gasteiger partial charge in [0.2, 0.25) is 0 Å². The molecule has 0 heterocycles. The summed E-state index contributed by atoms with van der Waals surface area (Å²) in [6.45, 7) is 0. The summed E-state index contributed by atoms with van der Waals surface area (Å²) in [5.74, 6) is 0. The zero-order valence-corrected chi connectivity index (χ0v) is 13.3. The van der Waals surface area contributed by atoms with Gasteiger partial charge < -0.3 is 5.32 Å². The summed E-state index contributed by atoms with van der Waals surface area (Å²) >= 11 is 23.2. The summed E-state index contributed by atoms with van der Waals surface area (Å²) in [7, 11) is 0. The van der Waals surface area contributed by atoms with Crippen molar-refractivity contribution in [3.8, 4) is 0 Å². The van der Waals surface area contributed by atoms with E-state index in [1.807, 2.05) is 0 Å². The van der Waals surface area contributed by atoms with E-state index < -0.39 is 6.03 Å². The van der Waals surface area contributed by atoms with Crippen molar-refractivity contribution in [1.82, 2.24) is 0 Å². The first kappa shape index (κ1) is 16.2. The highest BCUT2D eigenvalue weighted by Gasteiger charge is 2.15. The summed E-state index contributed by atoms with van der Waals surface area (Å²) in [4.78, 5) is 11.9. The molecule has 2 rings (SSSR count). The van der Waals surface area contributed by atoms with Crippen molar-refractivity contribution >= 4 is 63.8 Å². The first-order valence-corrected chi connectivity index (χ1v) is 7.09. The van der Waals surface area contributed by atoms with E-state index in [-0.39, 0.29) is 10.7 Å². The monoisotopic (exact) mass is 364 g/mol. The van der Waals surface area contributed by atoms with Gasteiger partial charge in [-0.15, -0.1) is 0 Å². The molecule has 2 amide bonds. The standard InChI is InChI=1S/C13H8Cl4N2O2/c14-7-3-8(15)5-10(4-7)19(21)13(20)18-9-1-2-11(16)12(17)6-9/h1-6,21H,(H,18,20). The maximum Gasteiger partial charge on any atom is 0.350 e. The predicted octanol–water partition coefficient (Wildman–Crippen LogP) is 5.73. The van der Waals surface area contributed by atoms with Crippen LogP contribution in [0.2, 0.25) is 20.1 Å². The first-order valence-electron chi connectivity index (χ1n) is 5.58. The quantitative estimate of drug-likeness (QED) is 0.527. The van der Waals surface area contributed by atoms with Crippen LogP contribution in [0.5, 0.6) is 0 Å². The third kappa shape index (κ3) is 4.15. The lowest BCUT2D eigenvalue weighted by atomic mass is 10.3. The predicted molar refractivity (Wildman–Crippen MR) is 86.2 cm³/mol. The van der Waals surface area contributed by atoms with Crippen molar-refractivity contribution in [2.75, 3.05) is 10.4 Å². The summed E-state index contributed by atoms with van der Waals surface area (Å²) in [6, 6.07) is 8.00. The fourth-order valence-electron chi connectivity index (χ4n) is 1.53. The molecule has 0 bridgehead atoms. The smallest absolute Gasteiger partial charge is 0.306 e. The lowest BCUT2D eigenvalue weighted by Gasteiger charge is -2.16. The van der Waals surface area contributed by atoms with Crippen molar-refractivity contribution < 1.29 is 10.0 Å². The summed E-state index contributed by atoms with van der Waals surface area (Å²) in [5, 5.41) is 13.9. The fraction of sp³-hybridized carbons (Fsp3) is 0. The number of hydrogen-bond donors (Lipinski definition) is 2. The molecule has 0 spiro atoms. The summed E-state index contributed by atoms with van der Waals surface area (Å²) < 4.78 is 0. The summed E-state index contributed by atoms with van der Waals surface area (Å²) in [6.07, 6.45) is 0. The SMILES string of the molecule is O=C(Nc1ccc(Cl)c(Cl)c1)N(O)c1cc(Cl)cc(Cl)c1. The van der Waals surface area contributed by atoms with Crippen molar-refractivity contribution in [2.24, 2.45) is 0 Å². The number of nitrogens with zero attached hydrogens (tertiary/aromatic N) is 1. The van der Waals surface area contributed by atoms with Crippen molar-refractivity contribution in [3.05, 3.63) is 56.5 Å². The number of hydrogen-bond acceptors (Lipinski definition) is 2. The van der Waals surface area contributed by atoms with E-state index in [9.17, 15) is 10.0 Å². The van der Waals surface area contributed by atoms with Gasteiger partial charge in [0.25, 0.3) is 0 Å². The molecule has 2 aromatic carbocycles. The van der Waals surface area contributed by atoms with E-state index in [1.54, 1.807) is 6.07 Å². The Morgan fingerprint density at radius 2 is 1.57 bits per heavy atom. The zero-order chi connectivity index (χ0) is 15.6. The van der Waals surface area contributed by atoms with Crippen LogP contribution in [0, 0.1) is 0 Å². The van der Waals surface area contributed by atoms with Crippen LogP contribution < -0.4 is 10.4 Å². The number of amides is 2. The minimum Gasteiger partial charge on any atom is -0.306 e. The topological polar surface area (TPSA) is 52.6 Å². The Kier molecular flexibility index (Phi) is 5.19. The van der Waals surface area contributed by atoms with Crippen LogP contribution in [0.15, 0.2) is 36.4 Å². The lowest BCUT2D eigenvalue weighted by Crippen LogP contribution is -2.31. The molecule has 0 saturated heterocycles. The highest BCUT2D eigenvalue weighted by Crippen LogP contribution is 2.27. The number of anilines is 2. The van der Waals surface area contributed by atoms with Gasteiger partial charge in [0.15, 0.2) is 0 Å². The zero-order valence-electron chi connectivity index (χ0n) is 10.3. The van der Waals surface area contributed by atoms with Gasteiger partial charge in [0.05, 0.1) is 15.7 Å². The Morgan fingerprint density at radius 1 is 0.952 bits per heavy atom. The Bertz CT molecular complexity index is 674. The highest BCUT2D eigenvalue weighted by molar-refractivity contribution is 6.42. The van der Waals surface area contributed by atoms with E-state index >= 15 is 0 Å². The number of carbonyl (C=O) groups is 1. The fourth-order valence-corrected chi connectivity index (χ4v) is 2.34. The van der Waals surface area contributed by atoms with E-state index in [1.165, 1.54) is 30.3 Å². The molecule has 110 valence electrons. The molecule has 0 saturated carbocycles. The second-order valence-corrected chi connectivity index (χ2v) is 5.69. The number of benzene rings is 2. The molecule has 0 aromatic heterocycles. The molecule has 0 unspecified atom stereocenters. The van der Waals surface area contributed by atoms with E-state index in [0.29, 0.717) is 25.8 Å². The van der Waals surface area contributed by atoms with E-state index in [4.69, 9.17) is 46.4 Å². The number of halogens is 4. The third-order valence-corrected chi connectivity index (χ3v) is 3.63. The number of hydroxylamine groups is 1. The van der Waals surface area contributed by atoms with Gasteiger partial charge in [-0.1, -0.05) is 46.4 Å². The van der Waals surface area contributed by atoms with Gasteiger partial charge in [0.1, 0.15) is 0 Å². The molecule has 4 nitrogen and oxygen atoms in total. The normalized spacial score (nSPS) is 10.3. The van der Waals surface area contributed by atoms with Gasteiger partial charge in [-0.2, -0.15) is 5.06 Å². The van der Waals surface area contributed by atoms with Gasteiger partial charge in [-0.25, -0.2) is 4.79 Å². The largest absolute Gasteiger partial charge is 0.350 e. The Balaban J connectivity index is 2.17. The Morgan fingerprint density at radius 3 is 2.14 bits per heavy atom. The van der Waals surface area contributed by atoms with Gasteiger partial charge in [0, 0.05) is 15.7 Å². The number of nitrogens with one attached hydrogen (secondary N) is 1. The van der Waals surface area contributed by atoms with Crippen LogP contribution >= 0.6 is 46.4 Å². The van der Waals surface area contributed by atoms with Gasteiger partial charge >= 0.3 is 6.03 Å². The van der Waals surface area contributed by atoms with E-state index in [0.717, 1.165) is 0 Å². The Labute approximate surface area is 140 Å². The van der Waals surface area contributed by atoms with Crippen LogP contribution in [0.1, 0.15) is 0 Å². The highest BCUT2D eigenvalue weighted by atomic mass is 35.5. The van der Waals surface area contributed by atoms with Gasteiger partial charge in [-0.05, 0) is 36.4 Å². The Hall–Kier alpha value is -1.17. The van der Waals surface area contributed by atoms with Crippen molar-refractivity contribution in [3.63, 3.8) is 0 Å². The number of carbonyl (C=O) groups excluding carboxylic acids is 1. The van der Waals surface area contributed by atoms with Crippen LogP contribution in [0.3, 0.4) is 0 Å². The molecule has 0 atom stereocenters. The third-order valence-electron chi connectivity index (χ3n) is 2.46. The minimum absolute atomic E-state index is 0.130. The van der Waals surface area contributed by atoms with Crippen LogP contribution in [0.25, 0.3) is 0 Å².